The van der Waals surface area contributed by atoms with Gasteiger partial charge in [-0.25, -0.2) is 0 Å². The van der Waals surface area contributed by atoms with Crippen LogP contribution >= 0.6 is 11.6 Å². The molecule has 2 rings (SSSR count). The number of benzene rings is 1. The molecule has 2 N–H and O–H groups in total. The van der Waals surface area contributed by atoms with Gasteiger partial charge in [-0.2, -0.15) is 0 Å². The minimum Gasteiger partial charge on any atom is -0.483 e. The molecule has 0 aromatic heterocycles. The molecule has 1 amide bonds. The number of hydrogen-bond acceptors (Lipinski definition) is 3. The third-order valence-electron chi connectivity index (χ3n) is 3.85. The fourth-order valence-corrected chi connectivity index (χ4v) is 2.69. The van der Waals surface area contributed by atoms with Crippen molar-refractivity contribution in [2.75, 3.05) is 26.2 Å². The van der Waals surface area contributed by atoms with Crippen molar-refractivity contribution in [2.24, 2.45) is 5.92 Å². The number of rotatable bonds is 6. The zero-order valence-corrected chi connectivity index (χ0v) is 13.2. The minimum absolute atomic E-state index is 0.0318. The van der Waals surface area contributed by atoms with Crippen LogP contribution in [0.5, 0.6) is 5.75 Å². The van der Waals surface area contributed by atoms with Crippen molar-refractivity contribution in [3.63, 3.8) is 0 Å². The molecule has 0 radical (unpaired) electrons. The molecule has 1 unspecified atom stereocenters. The van der Waals surface area contributed by atoms with E-state index in [1.54, 1.807) is 0 Å². The molecule has 21 heavy (non-hydrogen) atoms. The monoisotopic (exact) mass is 310 g/mol. The summed E-state index contributed by atoms with van der Waals surface area (Å²) in [5, 5.41) is 6.94. The maximum absolute atomic E-state index is 11.8. The van der Waals surface area contributed by atoms with Crippen LogP contribution in [0.25, 0.3) is 0 Å². The molecule has 4 nitrogen and oxygen atoms in total. The van der Waals surface area contributed by atoms with E-state index in [0.717, 1.165) is 25.1 Å². The topological polar surface area (TPSA) is 50.4 Å². The van der Waals surface area contributed by atoms with Crippen LogP contribution in [0.15, 0.2) is 18.2 Å². The number of nitrogens with one attached hydrogen (secondary N) is 2. The second-order valence-electron chi connectivity index (χ2n) is 5.50. The summed E-state index contributed by atoms with van der Waals surface area (Å²) in [6.07, 6.45) is 3.51. The summed E-state index contributed by atoms with van der Waals surface area (Å²) in [6.45, 7) is 4.81. The Hall–Kier alpha value is -1.26. The summed E-state index contributed by atoms with van der Waals surface area (Å²) in [5.41, 5.74) is 0.861. The van der Waals surface area contributed by atoms with E-state index in [1.807, 2.05) is 25.1 Å². The second kappa shape index (κ2) is 8.25. The lowest BCUT2D eigenvalue weighted by Gasteiger charge is -2.22. The largest absolute Gasteiger partial charge is 0.483 e. The Kier molecular flexibility index (Phi) is 6.33. The molecule has 1 heterocycles. The molecular formula is C16H23ClN2O2. The van der Waals surface area contributed by atoms with E-state index >= 15 is 0 Å². The van der Waals surface area contributed by atoms with Crippen molar-refractivity contribution in [2.45, 2.75) is 26.2 Å². The smallest absolute Gasteiger partial charge is 0.257 e. The Morgan fingerprint density at radius 2 is 2.38 bits per heavy atom. The Balaban J connectivity index is 1.66. The van der Waals surface area contributed by atoms with Crippen LogP contribution in [-0.4, -0.2) is 32.1 Å². The lowest BCUT2D eigenvalue weighted by atomic mass is 9.96. The molecule has 1 fully saturated rings. The molecule has 1 atom stereocenters. The highest BCUT2D eigenvalue weighted by Crippen LogP contribution is 2.24. The van der Waals surface area contributed by atoms with Gasteiger partial charge >= 0.3 is 0 Å². The van der Waals surface area contributed by atoms with E-state index in [0.29, 0.717) is 23.2 Å². The van der Waals surface area contributed by atoms with Gasteiger partial charge in [0, 0.05) is 17.1 Å². The van der Waals surface area contributed by atoms with E-state index in [9.17, 15) is 4.79 Å². The molecule has 0 saturated carbocycles. The fraction of sp³-hybridized carbons (Fsp3) is 0.562. The van der Waals surface area contributed by atoms with Gasteiger partial charge in [0.1, 0.15) is 5.75 Å². The van der Waals surface area contributed by atoms with E-state index < -0.39 is 0 Å². The zero-order chi connectivity index (χ0) is 15.1. The summed E-state index contributed by atoms with van der Waals surface area (Å²) < 4.78 is 5.51. The van der Waals surface area contributed by atoms with E-state index in [-0.39, 0.29) is 12.5 Å². The van der Waals surface area contributed by atoms with Gasteiger partial charge in [-0.3, -0.25) is 4.79 Å². The molecule has 116 valence electrons. The summed E-state index contributed by atoms with van der Waals surface area (Å²) in [6, 6.07) is 5.45. The highest BCUT2D eigenvalue weighted by Gasteiger charge is 2.13. The van der Waals surface area contributed by atoms with Gasteiger partial charge in [-0.15, -0.1) is 0 Å². The lowest BCUT2D eigenvalue weighted by molar-refractivity contribution is -0.123. The zero-order valence-electron chi connectivity index (χ0n) is 12.5. The van der Waals surface area contributed by atoms with Crippen molar-refractivity contribution in [3.8, 4) is 5.75 Å². The van der Waals surface area contributed by atoms with E-state index in [1.165, 1.54) is 12.8 Å². The SMILES string of the molecule is Cc1c(Cl)cccc1OCC(=O)NCCC1CCCNC1. The predicted octanol–water partition coefficient (Wildman–Crippen LogP) is 2.53. The fourth-order valence-electron chi connectivity index (χ4n) is 2.52. The van der Waals surface area contributed by atoms with Gasteiger partial charge in [0.05, 0.1) is 0 Å². The summed E-state index contributed by atoms with van der Waals surface area (Å²) in [4.78, 5) is 11.8. The van der Waals surface area contributed by atoms with Gasteiger partial charge in [0.2, 0.25) is 0 Å². The Morgan fingerprint density at radius 1 is 1.52 bits per heavy atom. The summed E-state index contributed by atoms with van der Waals surface area (Å²) in [5.74, 6) is 1.25. The van der Waals surface area contributed by atoms with Gasteiger partial charge in [-0.05, 0) is 57.3 Å². The standard InChI is InChI=1S/C16H23ClN2O2/c1-12-14(17)5-2-6-15(12)21-11-16(20)19-9-7-13-4-3-8-18-10-13/h2,5-6,13,18H,3-4,7-11H2,1H3,(H,19,20). The van der Waals surface area contributed by atoms with E-state index in [4.69, 9.17) is 16.3 Å². The first-order chi connectivity index (χ1) is 10.2. The van der Waals surface area contributed by atoms with Crippen molar-refractivity contribution in [1.29, 1.82) is 0 Å². The van der Waals surface area contributed by atoms with Crippen LogP contribution in [0.2, 0.25) is 5.02 Å². The maximum Gasteiger partial charge on any atom is 0.257 e. The van der Waals surface area contributed by atoms with Crippen LogP contribution in [-0.2, 0) is 4.79 Å². The number of amides is 1. The normalized spacial score (nSPS) is 18.3. The van der Waals surface area contributed by atoms with Crippen molar-refractivity contribution in [3.05, 3.63) is 28.8 Å². The number of halogens is 1. The molecule has 1 saturated heterocycles. The quantitative estimate of drug-likeness (QED) is 0.849. The molecule has 0 spiro atoms. The van der Waals surface area contributed by atoms with Crippen LogP contribution in [0, 0.1) is 12.8 Å². The molecule has 0 aliphatic carbocycles. The highest BCUT2D eigenvalue weighted by molar-refractivity contribution is 6.31. The number of ether oxygens (including phenoxy) is 1. The van der Waals surface area contributed by atoms with Gasteiger partial charge < -0.3 is 15.4 Å². The van der Waals surface area contributed by atoms with E-state index in [2.05, 4.69) is 10.6 Å². The average molecular weight is 311 g/mol. The molecular weight excluding hydrogens is 288 g/mol. The molecule has 1 aliphatic heterocycles. The lowest BCUT2D eigenvalue weighted by Crippen LogP contribution is -2.34. The van der Waals surface area contributed by atoms with Gasteiger partial charge in [0.25, 0.3) is 5.91 Å². The van der Waals surface area contributed by atoms with Crippen LogP contribution in [0.4, 0.5) is 0 Å². The van der Waals surface area contributed by atoms with Crippen molar-refractivity contribution in [1.82, 2.24) is 10.6 Å². The summed E-state index contributed by atoms with van der Waals surface area (Å²) >= 11 is 6.01. The number of hydrogen-bond donors (Lipinski definition) is 2. The number of piperidine rings is 1. The van der Waals surface area contributed by atoms with Crippen LogP contribution < -0.4 is 15.4 Å². The van der Waals surface area contributed by atoms with Crippen molar-refractivity contribution < 1.29 is 9.53 Å². The third kappa shape index (κ3) is 5.21. The molecule has 5 heteroatoms. The van der Waals surface area contributed by atoms with Crippen molar-refractivity contribution >= 4 is 17.5 Å². The predicted molar refractivity (Wildman–Crippen MR) is 84.9 cm³/mol. The van der Waals surface area contributed by atoms with Crippen LogP contribution in [0.3, 0.4) is 0 Å². The molecule has 1 aromatic carbocycles. The van der Waals surface area contributed by atoms with Gasteiger partial charge in [0.15, 0.2) is 6.61 Å². The third-order valence-corrected chi connectivity index (χ3v) is 4.26. The maximum atomic E-state index is 11.8. The minimum atomic E-state index is -0.0851. The average Bonchev–Trinajstić information content (AvgIpc) is 2.50. The Morgan fingerprint density at radius 3 is 3.14 bits per heavy atom. The first kappa shape index (κ1) is 16.1. The molecule has 1 aromatic rings. The first-order valence-corrected chi connectivity index (χ1v) is 7.90. The Bertz CT molecular complexity index is 473. The summed E-state index contributed by atoms with van der Waals surface area (Å²) in [7, 11) is 0. The second-order valence-corrected chi connectivity index (χ2v) is 5.91. The molecule has 1 aliphatic rings. The number of carbonyl (C=O) groups is 1. The van der Waals surface area contributed by atoms with Crippen LogP contribution in [0.1, 0.15) is 24.8 Å². The Labute approximate surface area is 131 Å². The molecule has 0 bridgehead atoms. The number of carbonyl (C=O) groups excluding carboxylic acids is 1. The highest BCUT2D eigenvalue weighted by atomic mass is 35.5. The van der Waals surface area contributed by atoms with Gasteiger partial charge in [-0.1, -0.05) is 17.7 Å². The first-order valence-electron chi connectivity index (χ1n) is 7.52.